The fourth-order valence-electron chi connectivity index (χ4n) is 2.42. The Kier molecular flexibility index (Phi) is 1.28. The van der Waals surface area contributed by atoms with Crippen molar-refractivity contribution in [2.45, 2.75) is 19.6 Å². The third-order valence-electron chi connectivity index (χ3n) is 3.19. The first kappa shape index (κ1) is 6.37. The fraction of sp³-hybridized carbons (Fsp3) is 0.158. The molecule has 4 rings (SSSR count). The summed E-state index contributed by atoms with van der Waals surface area (Å²) in [6, 6.07) is -3.38. The molecule has 0 spiro atoms. The van der Waals surface area contributed by atoms with Crippen molar-refractivity contribution >= 4 is 40.6 Å². The Morgan fingerprint density at radius 2 is 1.33 bits per heavy atom. The Bertz CT molecular complexity index is 1370. The lowest BCUT2D eigenvalue weighted by Crippen LogP contribution is -2.29. The van der Waals surface area contributed by atoms with Gasteiger partial charge < -0.3 is 4.43 Å². The van der Waals surface area contributed by atoms with Crippen LogP contribution in [-0.2, 0) is 0 Å². The molecule has 0 N–H and O–H groups in total. The van der Waals surface area contributed by atoms with Crippen molar-refractivity contribution in [1.82, 2.24) is 0 Å². The quantitative estimate of drug-likeness (QED) is 0.336. The van der Waals surface area contributed by atoms with Crippen LogP contribution in [0.4, 0.5) is 0 Å². The van der Waals surface area contributed by atoms with Crippen molar-refractivity contribution < 1.29 is 16.8 Å². The van der Waals surface area contributed by atoms with E-state index in [2.05, 4.69) is 0 Å². The van der Waals surface area contributed by atoms with E-state index in [4.69, 9.17) is 16.8 Å². The Morgan fingerprint density at radius 1 is 0.762 bits per heavy atom. The summed E-state index contributed by atoms with van der Waals surface area (Å²) in [5.41, 5.74) is 0. The van der Waals surface area contributed by atoms with Crippen LogP contribution in [0.5, 0.6) is 5.75 Å². The first-order valence-corrected chi connectivity index (χ1v) is 10.1. The van der Waals surface area contributed by atoms with Gasteiger partial charge in [0.25, 0.3) is 0 Å². The maximum atomic E-state index is 8.60. The molecule has 0 aliphatic rings. The van der Waals surface area contributed by atoms with Crippen LogP contribution in [0, 0.1) is 0 Å². The second kappa shape index (κ2) is 4.22. The van der Waals surface area contributed by atoms with Crippen LogP contribution < -0.4 is 4.43 Å². The Hall–Kier alpha value is -2.06. The highest BCUT2D eigenvalue weighted by Crippen LogP contribution is 2.39. The van der Waals surface area contributed by atoms with Gasteiger partial charge in [0.2, 0.25) is 8.32 Å². The van der Waals surface area contributed by atoms with Crippen LogP contribution in [0.2, 0.25) is 19.6 Å². The molecule has 0 radical (unpaired) electrons. The second-order valence-corrected chi connectivity index (χ2v) is 10.3. The molecule has 4 aromatic carbocycles. The third kappa shape index (κ3) is 1.98. The first-order chi connectivity index (χ1) is 13.8. The van der Waals surface area contributed by atoms with Crippen molar-refractivity contribution in [2.75, 3.05) is 0 Å². The lowest BCUT2D eigenvalue weighted by Gasteiger charge is -2.22. The zero-order chi connectivity index (χ0) is 22.4. The number of rotatable bonds is 2. The van der Waals surface area contributed by atoms with Gasteiger partial charge in [-0.3, -0.25) is 0 Å². The van der Waals surface area contributed by atoms with Gasteiger partial charge in [-0.15, -0.1) is 0 Å². The lowest BCUT2D eigenvalue weighted by atomic mass is 9.94. The molecule has 2 heteroatoms. The number of hydrogen-bond donors (Lipinski definition) is 0. The Labute approximate surface area is 138 Å². The molecule has 0 saturated heterocycles. The van der Waals surface area contributed by atoms with Crippen molar-refractivity contribution in [3.05, 3.63) is 54.4 Å². The van der Waals surface area contributed by atoms with E-state index in [0.29, 0.717) is 0 Å². The summed E-state index contributed by atoms with van der Waals surface area (Å²) in [7, 11) is -2.30. The molecular weight excluding hydrogens is 272 g/mol. The van der Waals surface area contributed by atoms with Gasteiger partial charge in [0.05, 0.1) is 12.3 Å². The van der Waals surface area contributed by atoms with Crippen molar-refractivity contribution in [3.8, 4) is 5.75 Å². The molecule has 0 aromatic heterocycles. The molecule has 0 heterocycles. The Morgan fingerprint density at radius 3 is 2.00 bits per heavy atom. The predicted molar refractivity (Wildman–Crippen MR) is 94.1 cm³/mol. The number of benzene rings is 4. The average Bonchev–Trinajstić information content (AvgIpc) is 2.65. The SMILES string of the molecule is [2H]c1c([2H])c2c([2H])c([2H])c3c([2H])c([2H])c(O[Si](C)(C)C)c4c([2H])c([2H])c(c1[2H])c2c34. The van der Waals surface area contributed by atoms with Gasteiger partial charge in [0.15, 0.2) is 0 Å². The van der Waals surface area contributed by atoms with Gasteiger partial charge in [-0.25, -0.2) is 0 Å². The highest BCUT2D eigenvalue weighted by atomic mass is 28.4. The molecule has 21 heavy (non-hydrogen) atoms. The number of hydrogen-bond acceptors (Lipinski definition) is 1. The maximum Gasteiger partial charge on any atom is 0.242 e. The van der Waals surface area contributed by atoms with E-state index in [1.165, 1.54) is 0 Å². The van der Waals surface area contributed by atoms with Crippen LogP contribution in [0.25, 0.3) is 32.3 Å². The zero-order valence-corrected chi connectivity index (χ0v) is 12.9. The summed E-state index contributed by atoms with van der Waals surface area (Å²) in [6.07, 6.45) is 0. The minimum atomic E-state index is -2.30. The molecule has 1 nitrogen and oxygen atoms in total. The first-order valence-electron chi connectivity index (χ1n) is 11.2. The van der Waals surface area contributed by atoms with Gasteiger partial charge >= 0.3 is 0 Å². The summed E-state index contributed by atoms with van der Waals surface area (Å²) in [6.45, 7) is 5.65. The van der Waals surface area contributed by atoms with Gasteiger partial charge in [0.1, 0.15) is 5.75 Å². The van der Waals surface area contributed by atoms with E-state index in [1.54, 1.807) is 0 Å². The monoisotopic (exact) mass is 299 g/mol. The van der Waals surface area contributed by atoms with E-state index < -0.39 is 32.5 Å². The van der Waals surface area contributed by atoms with Gasteiger partial charge in [0, 0.05) is 10.8 Å². The summed E-state index contributed by atoms with van der Waals surface area (Å²) in [5, 5.41) is 0.253. The van der Waals surface area contributed by atoms with Crippen LogP contribution >= 0.6 is 0 Å². The summed E-state index contributed by atoms with van der Waals surface area (Å²) >= 11 is 0. The van der Waals surface area contributed by atoms with E-state index in [0.717, 1.165) is 0 Å². The van der Waals surface area contributed by atoms with Crippen LogP contribution in [-0.4, -0.2) is 8.32 Å². The van der Waals surface area contributed by atoms with Crippen molar-refractivity contribution in [1.29, 1.82) is 0 Å². The van der Waals surface area contributed by atoms with Crippen LogP contribution in [0.15, 0.2) is 54.4 Å². The van der Waals surface area contributed by atoms with Crippen LogP contribution in [0.3, 0.4) is 0 Å². The summed E-state index contributed by atoms with van der Waals surface area (Å²) < 4.78 is 81.7. The highest BCUT2D eigenvalue weighted by Gasteiger charge is 2.19. The molecule has 0 unspecified atom stereocenters. The zero-order valence-electron chi connectivity index (χ0n) is 20.9. The van der Waals surface area contributed by atoms with Crippen molar-refractivity contribution in [2.24, 2.45) is 0 Å². The molecule has 0 aliphatic heterocycles. The average molecular weight is 299 g/mol. The third-order valence-corrected chi connectivity index (χ3v) is 4.00. The lowest BCUT2D eigenvalue weighted by molar-refractivity contribution is 0.564. The molecule has 0 atom stereocenters. The minimum absolute atomic E-state index is 0.0153. The molecule has 4 aromatic rings. The van der Waals surface area contributed by atoms with E-state index in [-0.39, 0.29) is 68.3 Å². The smallest absolute Gasteiger partial charge is 0.242 e. The van der Waals surface area contributed by atoms with Gasteiger partial charge in [-0.05, 0) is 47.2 Å². The van der Waals surface area contributed by atoms with Crippen LogP contribution in [0.1, 0.15) is 12.3 Å². The molecular formula is C19H18OSi. The molecule has 0 bridgehead atoms. The highest BCUT2D eigenvalue weighted by molar-refractivity contribution is 6.70. The molecule has 0 amide bonds. The predicted octanol–water partition coefficient (Wildman–Crippen LogP) is 5.80. The van der Waals surface area contributed by atoms with Gasteiger partial charge in [-0.2, -0.15) is 0 Å². The fourth-order valence-corrected chi connectivity index (χ4v) is 3.19. The summed E-state index contributed by atoms with van der Waals surface area (Å²) in [4.78, 5) is 0. The largest absolute Gasteiger partial charge is 0.544 e. The van der Waals surface area contributed by atoms with E-state index >= 15 is 0 Å². The normalized spacial score (nSPS) is 18.5. The molecule has 0 fully saturated rings. The second-order valence-electron chi connectivity index (χ2n) is 5.92. The van der Waals surface area contributed by atoms with Gasteiger partial charge in [-0.1, -0.05) is 48.3 Å². The standard InChI is InChI=1S/C19H18OSi/c1-21(2,3)20-17-12-10-15-8-7-13-5-4-6-14-9-11-16(17)19(15)18(13)14/h4-12H,1-3H3/i4D,5D,6D,7D,8D,9D,10D,11D,12D. The molecule has 0 aliphatic carbocycles. The topological polar surface area (TPSA) is 9.23 Å². The Balaban J connectivity index is 2.50. The molecule has 0 saturated carbocycles. The van der Waals surface area contributed by atoms with E-state index in [1.807, 2.05) is 19.6 Å². The van der Waals surface area contributed by atoms with E-state index in [9.17, 15) is 0 Å². The van der Waals surface area contributed by atoms with Crippen molar-refractivity contribution in [3.63, 3.8) is 0 Å². The minimum Gasteiger partial charge on any atom is -0.544 e. The maximum absolute atomic E-state index is 8.60. The summed E-state index contributed by atoms with van der Waals surface area (Å²) in [5.74, 6) is -0.0153. The molecule has 104 valence electrons.